The van der Waals surface area contributed by atoms with Crippen LogP contribution in [0.3, 0.4) is 0 Å². The summed E-state index contributed by atoms with van der Waals surface area (Å²) in [6.07, 6.45) is 9.69. The van der Waals surface area contributed by atoms with Gasteiger partial charge in [0.05, 0.1) is 41.1 Å². The summed E-state index contributed by atoms with van der Waals surface area (Å²) >= 11 is 0. The molecule has 1 atom stereocenters. The zero-order valence-corrected chi connectivity index (χ0v) is 33.7. The molecule has 7 amide bonds. The third-order valence-corrected chi connectivity index (χ3v) is 11.2. The molecule has 3 fully saturated rings. The van der Waals surface area contributed by atoms with Crippen molar-refractivity contribution in [1.29, 1.82) is 0 Å². The number of hydrogen-bond donors (Lipinski definition) is 6. The Balaban J connectivity index is 0.712. The van der Waals surface area contributed by atoms with Crippen molar-refractivity contribution < 1.29 is 43.0 Å². The monoisotopic (exact) mass is 846 g/mol. The number of amides is 7. The highest BCUT2D eigenvalue weighted by molar-refractivity contribution is 6.24. The first-order valence-corrected chi connectivity index (χ1v) is 20.8. The van der Waals surface area contributed by atoms with Crippen molar-refractivity contribution in [2.24, 2.45) is 5.92 Å². The molecule has 322 valence electrons. The Morgan fingerprint density at radius 1 is 0.839 bits per heavy atom. The summed E-state index contributed by atoms with van der Waals surface area (Å²) in [5.41, 5.74) is 1.96. The number of carbonyl (C=O) groups is 7. The third-order valence-electron chi connectivity index (χ3n) is 11.2. The number of carbonyl (C=O) groups excluding carboxylic acids is 7. The van der Waals surface area contributed by atoms with E-state index in [4.69, 9.17) is 9.47 Å². The fourth-order valence-electron chi connectivity index (χ4n) is 7.75. The van der Waals surface area contributed by atoms with E-state index in [0.717, 1.165) is 28.6 Å². The van der Waals surface area contributed by atoms with Gasteiger partial charge in [0.25, 0.3) is 23.6 Å². The zero-order valence-electron chi connectivity index (χ0n) is 33.7. The topological polar surface area (TPSA) is 252 Å². The number of benzene rings is 1. The number of rotatable bonds is 17. The van der Waals surface area contributed by atoms with Crippen molar-refractivity contribution in [2.75, 3.05) is 43.5 Å². The van der Waals surface area contributed by atoms with Gasteiger partial charge in [0.15, 0.2) is 6.61 Å². The van der Waals surface area contributed by atoms with E-state index in [-0.39, 0.29) is 79.8 Å². The molecule has 5 heterocycles. The van der Waals surface area contributed by atoms with E-state index < -0.39 is 42.2 Å². The fourth-order valence-corrected chi connectivity index (χ4v) is 7.75. The Bertz CT molecular complexity index is 2420. The average Bonchev–Trinajstić information content (AvgIpc) is 4.05. The minimum absolute atomic E-state index is 0.00282. The van der Waals surface area contributed by atoms with Crippen LogP contribution in [0.2, 0.25) is 0 Å². The quantitative estimate of drug-likeness (QED) is 0.0660. The van der Waals surface area contributed by atoms with E-state index in [0.29, 0.717) is 54.6 Å². The second-order valence-corrected chi connectivity index (χ2v) is 15.6. The lowest BCUT2D eigenvalue weighted by Crippen LogP contribution is -2.54. The molecule has 0 spiro atoms. The highest BCUT2D eigenvalue weighted by Crippen LogP contribution is 2.34. The van der Waals surface area contributed by atoms with Gasteiger partial charge in [-0.1, -0.05) is 6.07 Å². The predicted octanol–water partition coefficient (Wildman–Crippen LogP) is 2.36. The standard InChI is InChI=1S/C43H46N10O9/c54-36-13-11-32(41(58)52-36)53-42(59)28-2-1-3-33(38(28)43(53)60)62-23-37(55)45-16-18-61-19-17-46-39(56)24-4-7-27(8-5-24)49-40(57)29-22-47-35(20-31(29)48-26-9-10-26)51-34-12-6-25-21-44-15-14-30(25)50-34/h1-3,6,12,14-15,20-22,24,26-27,32H,4-5,7-11,13,16-19,23H2,(H,45,55)(H,46,56)(H,49,57)(H,52,54,58)(H2,47,48,50,51). The number of nitrogens with zero attached hydrogens (tertiary/aromatic N) is 4. The molecule has 0 bridgehead atoms. The maximum Gasteiger partial charge on any atom is 0.266 e. The van der Waals surface area contributed by atoms with Crippen molar-refractivity contribution in [3.8, 4) is 5.75 Å². The maximum absolute atomic E-state index is 13.5. The first-order chi connectivity index (χ1) is 30.1. The molecule has 2 aliphatic heterocycles. The van der Waals surface area contributed by atoms with Crippen LogP contribution in [-0.2, 0) is 23.9 Å². The largest absolute Gasteiger partial charge is 0.483 e. The lowest BCUT2D eigenvalue weighted by atomic mass is 9.85. The van der Waals surface area contributed by atoms with Crippen LogP contribution in [0.1, 0.15) is 82.4 Å². The Labute approximate surface area is 355 Å². The lowest BCUT2D eigenvalue weighted by molar-refractivity contribution is -0.136. The Kier molecular flexibility index (Phi) is 12.6. The molecule has 2 saturated carbocycles. The number of ether oxygens (including phenoxy) is 2. The van der Waals surface area contributed by atoms with Gasteiger partial charge in [-0.15, -0.1) is 0 Å². The molecular formula is C43H46N10O9. The molecule has 19 nitrogen and oxygen atoms in total. The van der Waals surface area contributed by atoms with E-state index in [1.54, 1.807) is 18.6 Å². The first kappa shape index (κ1) is 41.7. The summed E-state index contributed by atoms with van der Waals surface area (Å²) < 4.78 is 11.2. The van der Waals surface area contributed by atoms with E-state index >= 15 is 0 Å². The Morgan fingerprint density at radius 2 is 1.63 bits per heavy atom. The number of piperidine rings is 1. The van der Waals surface area contributed by atoms with Crippen LogP contribution in [0.5, 0.6) is 5.75 Å². The lowest BCUT2D eigenvalue weighted by Gasteiger charge is -2.28. The van der Waals surface area contributed by atoms with Crippen molar-refractivity contribution in [3.63, 3.8) is 0 Å². The third kappa shape index (κ3) is 9.78. The number of imide groups is 2. The Hall–Kier alpha value is -7.02. The van der Waals surface area contributed by atoms with E-state index in [1.165, 1.54) is 18.2 Å². The van der Waals surface area contributed by atoms with Crippen LogP contribution >= 0.6 is 0 Å². The van der Waals surface area contributed by atoms with Gasteiger partial charge in [-0.3, -0.25) is 48.8 Å². The number of hydrogen-bond acceptors (Lipinski definition) is 14. The molecule has 2 aliphatic carbocycles. The number of fused-ring (bicyclic) bond motifs is 2. The average molecular weight is 847 g/mol. The van der Waals surface area contributed by atoms with Gasteiger partial charge in [0.1, 0.15) is 23.4 Å². The van der Waals surface area contributed by atoms with Crippen LogP contribution in [0.15, 0.2) is 61.1 Å². The van der Waals surface area contributed by atoms with Crippen molar-refractivity contribution in [3.05, 3.63) is 77.7 Å². The molecular weight excluding hydrogens is 801 g/mol. The summed E-state index contributed by atoms with van der Waals surface area (Å²) in [6.45, 7) is 0.416. The zero-order chi connectivity index (χ0) is 43.2. The van der Waals surface area contributed by atoms with Crippen molar-refractivity contribution >= 4 is 69.6 Å². The molecule has 3 aromatic heterocycles. The van der Waals surface area contributed by atoms with Crippen LogP contribution in [0, 0.1) is 5.92 Å². The number of pyridine rings is 3. The maximum atomic E-state index is 13.5. The number of aromatic nitrogens is 3. The molecule has 0 radical (unpaired) electrons. The molecule has 8 rings (SSSR count). The van der Waals surface area contributed by atoms with Gasteiger partial charge in [-0.25, -0.2) is 9.97 Å². The fraction of sp³-hybridized carbons (Fsp3) is 0.395. The molecule has 4 aromatic rings. The van der Waals surface area contributed by atoms with Crippen LogP contribution < -0.4 is 36.6 Å². The molecule has 1 saturated heterocycles. The van der Waals surface area contributed by atoms with Crippen LogP contribution in [0.4, 0.5) is 17.3 Å². The molecule has 1 aromatic carbocycles. The van der Waals surface area contributed by atoms with E-state index in [1.807, 2.05) is 24.3 Å². The molecule has 62 heavy (non-hydrogen) atoms. The van der Waals surface area contributed by atoms with Crippen LogP contribution in [-0.4, -0.2) is 112 Å². The van der Waals surface area contributed by atoms with Gasteiger partial charge in [0, 0.05) is 67.6 Å². The molecule has 1 unspecified atom stereocenters. The summed E-state index contributed by atoms with van der Waals surface area (Å²) in [6, 6.07) is 11.0. The van der Waals surface area contributed by atoms with E-state index in [2.05, 4.69) is 46.9 Å². The number of anilines is 3. The summed E-state index contributed by atoms with van der Waals surface area (Å²) in [7, 11) is 0. The van der Waals surface area contributed by atoms with Gasteiger partial charge in [-0.05, 0) is 75.3 Å². The molecule has 4 aliphatic rings. The Morgan fingerprint density at radius 3 is 2.42 bits per heavy atom. The first-order valence-electron chi connectivity index (χ1n) is 20.8. The van der Waals surface area contributed by atoms with Gasteiger partial charge in [0.2, 0.25) is 17.7 Å². The summed E-state index contributed by atoms with van der Waals surface area (Å²) in [5.74, 6) is -2.34. The minimum atomic E-state index is -1.12. The van der Waals surface area contributed by atoms with Crippen molar-refractivity contribution in [2.45, 2.75) is 69.5 Å². The van der Waals surface area contributed by atoms with Gasteiger partial charge in [-0.2, -0.15) is 0 Å². The minimum Gasteiger partial charge on any atom is -0.483 e. The van der Waals surface area contributed by atoms with E-state index in [9.17, 15) is 33.6 Å². The number of nitrogens with one attached hydrogen (secondary N) is 6. The predicted molar refractivity (Wildman–Crippen MR) is 222 cm³/mol. The highest BCUT2D eigenvalue weighted by Gasteiger charge is 2.46. The SMILES string of the molecule is O=C(COc1cccc2c1C(=O)N(C1CCC(=O)NC1=O)C2=O)NCCOCCNC(=O)C1CCC(NC(=O)c2cnc(Nc3ccc4cnccc4n3)cc2NC2CC2)CC1. The van der Waals surface area contributed by atoms with Crippen molar-refractivity contribution in [1.82, 2.24) is 41.1 Å². The van der Waals surface area contributed by atoms with Gasteiger partial charge < -0.3 is 36.1 Å². The summed E-state index contributed by atoms with van der Waals surface area (Å²) in [5, 5.41) is 18.5. The molecule has 6 N–H and O–H groups in total. The summed E-state index contributed by atoms with van der Waals surface area (Å²) in [4.78, 5) is 103. The van der Waals surface area contributed by atoms with Crippen LogP contribution in [0.25, 0.3) is 10.9 Å². The molecule has 19 heteroatoms. The second kappa shape index (κ2) is 18.7. The highest BCUT2D eigenvalue weighted by atomic mass is 16.5. The van der Waals surface area contributed by atoms with Gasteiger partial charge >= 0.3 is 0 Å². The normalized spacial score (nSPS) is 19.7. The smallest absolute Gasteiger partial charge is 0.266 e. The second-order valence-electron chi connectivity index (χ2n) is 15.6.